The number of nitrogens with zero attached hydrogens (tertiary/aromatic N) is 3. The van der Waals surface area contributed by atoms with E-state index in [9.17, 15) is 14.7 Å². The predicted octanol–water partition coefficient (Wildman–Crippen LogP) is 8.45. The van der Waals surface area contributed by atoms with Crippen molar-refractivity contribution in [3.63, 3.8) is 0 Å². The summed E-state index contributed by atoms with van der Waals surface area (Å²) in [5, 5.41) is 21.4. The maximum absolute atomic E-state index is 14.1. The molecule has 2 aromatic heterocycles. The van der Waals surface area contributed by atoms with Crippen molar-refractivity contribution >= 4 is 62.5 Å². The van der Waals surface area contributed by atoms with E-state index in [4.69, 9.17) is 25.5 Å². The number of Topliss-reactive ketones (excluding diaryl/α,β-unsaturated/α-hetero) is 1. The molecule has 1 aliphatic rings. The molecule has 0 saturated carbocycles. The molecule has 46 heavy (non-hydrogen) atoms. The van der Waals surface area contributed by atoms with Gasteiger partial charge in [0.05, 0.1) is 25.3 Å². The van der Waals surface area contributed by atoms with Gasteiger partial charge in [0.25, 0.3) is 5.91 Å². The zero-order valence-electron chi connectivity index (χ0n) is 25.2. The van der Waals surface area contributed by atoms with Gasteiger partial charge in [0, 0.05) is 16.2 Å². The number of thioether (sulfide) groups is 1. The highest BCUT2D eigenvalue weighted by molar-refractivity contribution is 8.00. The average molecular weight is 676 g/mol. The number of aliphatic hydroxyl groups is 1. The van der Waals surface area contributed by atoms with Crippen LogP contribution in [0.4, 0.5) is 5.13 Å². The molecule has 0 bridgehead atoms. The van der Waals surface area contributed by atoms with Gasteiger partial charge in [-0.05, 0) is 59.9 Å². The zero-order chi connectivity index (χ0) is 32.4. The van der Waals surface area contributed by atoms with Crippen molar-refractivity contribution < 1.29 is 28.6 Å². The Morgan fingerprint density at radius 1 is 1.11 bits per heavy atom. The van der Waals surface area contributed by atoms with Crippen molar-refractivity contribution in [3.8, 4) is 11.5 Å². The van der Waals surface area contributed by atoms with E-state index in [1.807, 2.05) is 30.3 Å². The normalized spacial score (nSPS) is 14.9. The fourth-order valence-corrected chi connectivity index (χ4v) is 7.01. The SMILES string of the molecule is COc1cccc2cc(C(=O)C3=C(O)C(=O)N(c4nnc(SCc5ccc(Cl)cc5)s4)C3c3cccc(OCCC(C)C)c3)oc12. The van der Waals surface area contributed by atoms with Crippen LogP contribution >= 0.6 is 34.7 Å². The highest BCUT2D eigenvalue weighted by Gasteiger charge is 2.47. The minimum Gasteiger partial charge on any atom is -0.503 e. The molecule has 236 valence electrons. The van der Waals surface area contributed by atoms with E-state index in [1.165, 1.54) is 35.1 Å². The predicted molar refractivity (Wildman–Crippen MR) is 179 cm³/mol. The van der Waals surface area contributed by atoms with Crippen molar-refractivity contribution in [2.45, 2.75) is 36.4 Å². The second-order valence-electron chi connectivity index (χ2n) is 11.0. The first-order valence-corrected chi connectivity index (χ1v) is 16.7. The van der Waals surface area contributed by atoms with Crippen molar-refractivity contribution in [1.82, 2.24) is 10.2 Å². The number of ketones is 1. The highest BCUT2D eigenvalue weighted by Crippen LogP contribution is 2.45. The lowest BCUT2D eigenvalue weighted by atomic mass is 9.95. The largest absolute Gasteiger partial charge is 0.503 e. The number of benzene rings is 3. The minimum absolute atomic E-state index is 0.0403. The molecule has 0 saturated heterocycles. The number of furan rings is 1. The maximum atomic E-state index is 14.1. The molecule has 6 rings (SSSR count). The molecule has 1 atom stereocenters. The summed E-state index contributed by atoms with van der Waals surface area (Å²) in [5.74, 6) is -0.0136. The van der Waals surface area contributed by atoms with E-state index in [0.29, 0.717) is 55.7 Å². The van der Waals surface area contributed by atoms with Gasteiger partial charge in [-0.25, -0.2) is 0 Å². The van der Waals surface area contributed by atoms with Crippen LogP contribution in [0.25, 0.3) is 11.0 Å². The van der Waals surface area contributed by atoms with Crippen molar-refractivity contribution in [1.29, 1.82) is 0 Å². The Morgan fingerprint density at radius 2 is 1.89 bits per heavy atom. The van der Waals surface area contributed by atoms with Crippen LogP contribution in [-0.4, -0.2) is 40.7 Å². The number of hydrogen-bond donors (Lipinski definition) is 1. The molecule has 1 amide bonds. The van der Waals surface area contributed by atoms with Gasteiger partial charge in [0.2, 0.25) is 10.9 Å². The summed E-state index contributed by atoms with van der Waals surface area (Å²) >= 11 is 8.67. The number of halogens is 1. The van der Waals surface area contributed by atoms with Gasteiger partial charge in [-0.3, -0.25) is 14.5 Å². The van der Waals surface area contributed by atoms with Gasteiger partial charge in [-0.2, -0.15) is 0 Å². The van der Waals surface area contributed by atoms with Crippen LogP contribution in [0, 0.1) is 5.92 Å². The summed E-state index contributed by atoms with van der Waals surface area (Å²) in [6.45, 7) is 4.74. The summed E-state index contributed by atoms with van der Waals surface area (Å²) in [6, 6.07) is 20.5. The van der Waals surface area contributed by atoms with E-state index in [2.05, 4.69) is 24.0 Å². The fraction of sp³-hybridized carbons (Fsp3) is 0.235. The third kappa shape index (κ3) is 6.48. The summed E-state index contributed by atoms with van der Waals surface area (Å²) in [5.41, 5.74) is 1.86. The van der Waals surface area contributed by atoms with Gasteiger partial charge < -0.3 is 19.0 Å². The van der Waals surface area contributed by atoms with Crippen molar-refractivity contribution in [2.75, 3.05) is 18.6 Å². The second-order valence-corrected chi connectivity index (χ2v) is 13.6. The molecule has 9 nitrogen and oxygen atoms in total. The number of rotatable bonds is 12. The smallest absolute Gasteiger partial charge is 0.296 e. The molecular weight excluding hydrogens is 646 g/mol. The Balaban J connectivity index is 1.36. The number of carbonyl (C=O) groups is 2. The van der Waals surface area contributed by atoms with Gasteiger partial charge in [0.1, 0.15) is 5.75 Å². The van der Waals surface area contributed by atoms with Gasteiger partial charge in [0.15, 0.2) is 27.2 Å². The topological polar surface area (TPSA) is 115 Å². The average Bonchev–Trinajstić information content (AvgIpc) is 3.77. The first-order chi connectivity index (χ1) is 22.2. The molecule has 1 N–H and O–H groups in total. The molecule has 0 fully saturated rings. The van der Waals surface area contributed by atoms with E-state index in [0.717, 1.165) is 12.0 Å². The number of amides is 1. The Morgan fingerprint density at radius 3 is 2.65 bits per heavy atom. The minimum atomic E-state index is -1.02. The quantitative estimate of drug-likeness (QED) is 0.0790. The first kappa shape index (κ1) is 31.7. The van der Waals surface area contributed by atoms with E-state index in [1.54, 1.807) is 42.5 Å². The molecule has 0 spiro atoms. The number of hydrogen-bond acceptors (Lipinski definition) is 10. The van der Waals surface area contributed by atoms with E-state index in [-0.39, 0.29) is 16.5 Å². The van der Waals surface area contributed by atoms with Crippen LogP contribution in [0.3, 0.4) is 0 Å². The second kappa shape index (κ2) is 13.6. The van der Waals surface area contributed by atoms with Crippen LogP contribution in [0.1, 0.15) is 48.0 Å². The molecule has 3 aromatic carbocycles. The van der Waals surface area contributed by atoms with Crippen LogP contribution in [0.5, 0.6) is 11.5 Å². The number of aromatic nitrogens is 2. The summed E-state index contributed by atoms with van der Waals surface area (Å²) < 4.78 is 18.0. The third-order valence-corrected chi connectivity index (χ3v) is 9.80. The Bertz CT molecular complexity index is 1930. The number of carbonyl (C=O) groups excluding carboxylic acids is 2. The Hall–Kier alpha value is -4.32. The van der Waals surface area contributed by atoms with Crippen LogP contribution in [-0.2, 0) is 10.5 Å². The first-order valence-electron chi connectivity index (χ1n) is 14.5. The number of aliphatic hydroxyl groups excluding tert-OH is 1. The van der Waals surface area contributed by atoms with Crippen LogP contribution in [0.2, 0.25) is 5.02 Å². The van der Waals surface area contributed by atoms with Gasteiger partial charge in [-0.15, -0.1) is 10.2 Å². The molecule has 1 aliphatic heterocycles. The van der Waals surface area contributed by atoms with Crippen LogP contribution < -0.4 is 14.4 Å². The lowest BCUT2D eigenvalue weighted by molar-refractivity contribution is -0.117. The molecule has 0 aliphatic carbocycles. The standard InChI is InChI=1S/C34H30ClN3O6S2/c1-19(2)14-15-43-24-8-4-6-21(16-24)28-27(29(39)26-17-22-7-5-9-25(42-3)31(22)44-26)30(40)32(41)38(28)33-36-37-34(46-33)45-18-20-10-12-23(35)13-11-20/h4-13,16-17,19,28,40H,14-15,18H2,1-3H3. The van der Waals surface area contributed by atoms with Crippen molar-refractivity contribution in [2.24, 2.45) is 5.92 Å². The van der Waals surface area contributed by atoms with Gasteiger partial charge >= 0.3 is 0 Å². The number of ether oxygens (including phenoxy) is 2. The number of para-hydroxylation sites is 1. The Labute approximate surface area is 278 Å². The lowest BCUT2D eigenvalue weighted by Gasteiger charge is -2.24. The van der Waals surface area contributed by atoms with E-state index < -0.39 is 23.5 Å². The fourth-order valence-electron chi connectivity index (χ4n) is 5.06. The van der Waals surface area contributed by atoms with Crippen LogP contribution in [0.15, 0.2) is 92.9 Å². The maximum Gasteiger partial charge on any atom is 0.296 e. The lowest BCUT2D eigenvalue weighted by Crippen LogP contribution is -2.31. The zero-order valence-corrected chi connectivity index (χ0v) is 27.6. The summed E-state index contributed by atoms with van der Waals surface area (Å²) in [7, 11) is 1.51. The molecule has 0 radical (unpaired) electrons. The number of methoxy groups -OCH3 is 1. The number of anilines is 1. The van der Waals surface area contributed by atoms with Gasteiger partial charge in [-0.1, -0.05) is 84.9 Å². The molecule has 12 heteroatoms. The summed E-state index contributed by atoms with van der Waals surface area (Å²) in [4.78, 5) is 29.2. The van der Waals surface area contributed by atoms with Crippen molar-refractivity contribution in [3.05, 3.63) is 106 Å². The third-order valence-electron chi connectivity index (χ3n) is 7.42. The highest BCUT2D eigenvalue weighted by atomic mass is 35.5. The molecular formula is C34H30ClN3O6S2. The number of fused-ring (bicyclic) bond motifs is 1. The summed E-state index contributed by atoms with van der Waals surface area (Å²) in [6.07, 6.45) is 0.861. The molecule has 5 aromatic rings. The van der Waals surface area contributed by atoms with E-state index >= 15 is 0 Å². The monoisotopic (exact) mass is 675 g/mol. The molecule has 1 unspecified atom stereocenters. The Kier molecular flexibility index (Phi) is 9.34. The molecule has 3 heterocycles.